The van der Waals surface area contributed by atoms with Gasteiger partial charge in [-0.3, -0.25) is 9.59 Å². The maximum Gasteiger partial charge on any atom is 0.205 e. The van der Waals surface area contributed by atoms with Crippen molar-refractivity contribution >= 4 is 28.3 Å². The topological polar surface area (TPSA) is 90.4 Å². The van der Waals surface area contributed by atoms with E-state index in [0.29, 0.717) is 33.8 Å². The predicted molar refractivity (Wildman–Crippen MR) is 88.1 cm³/mol. The summed E-state index contributed by atoms with van der Waals surface area (Å²) < 4.78 is 10.5. The molecule has 7 nitrogen and oxygen atoms in total. The number of fused-ring (bicyclic) bond motifs is 1. The lowest BCUT2D eigenvalue weighted by Crippen LogP contribution is -2.19. The summed E-state index contributed by atoms with van der Waals surface area (Å²) in [6, 6.07) is 3.43. The molecule has 2 aromatic rings. The van der Waals surface area contributed by atoms with Crippen LogP contribution in [-0.4, -0.2) is 35.8 Å². The van der Waals surface area contributed by atoms with Gasteiger partial charge in [-0.15, -0.1) is 0 Å². The van der Waals surface area contributed by atoms with Gasteiger partial charge >= 0.3 is 0 Å². The summed E-state index contributed by atoms with van der Waals surface area (Å²) in [7, 11) is 3.07. The third-order valence-electron chi connectivity index (χ3n) is 3.64. The number of ether oxygens (including phenoxy) is 2. The average molecular weight is 325 g/mol. The second-order valence-corrected chi connectivity index (χ2v) is 5.19. The summed E-state index contributed by atoms with van der Waals surface area (Å²) in [5.74, 6) is 0.965. The van der Waals surface area contributed by atoms with Crippen LogP contribution in [0.1, 0.15) is 6.92 Å². The number of aromatic nitrogens is 2. The number of hydrogen-bond acceptors (Lipinski definition) is 7. The molecule has 1 N–H and O–H groups in total. The van der Waals surface area contributed by atoms with Crippen molar-refractivity contribution in [2.24, 2.45) is 0 Å². The number of allylic oxidation sites excluding steroid dienone is 3. The molecule has 0 amide bonds. The SMILES string of the molecule is COc1cc2ncnc(NC3=CC(=O)C=C(C)C3=O)c2cc1OC. The van der Waals surface area contributed by atoms with Gasteiger partial charge < -0.3 is 14.8 Å². The van der Waals surface area contributed by atoms with E-state index < -0.39 is 0 Å². The van der Waals surface area contributed by atoms with Gasteiger partial charge in [-0.25, -0.2) is 9.97 Å². The number of hydrogen-bond donors (Lipinski definition) is 1. The van der Waals surface area contributed by atoms with Crippen LogP contribution in [0, 0.1) is 0 Å². The first kappa shape index (κ1) is 15.7. The molecule has 3 rings (SSSR count). The Balaban J connectivity index is 2.07. The number of nitrogens with zero attached hydrogens (tertiary/aromatic N) is 2. The minimum Gasteiger partial charge on any atom is -0.493 e. The van der Waals surface area contributed by atoms with E-state index in [-0.39, 0.29) is 17.3 Å². The number of carbonyl (C=O) groups excluding carboxylic acids is 2. The van der Waals surface area contributed by atoms with E-state index in [2.05, 4.69) is 15.3 Å². The van der Waals surface area contributed by atoms with E-state index in [1.165, 1.54) is 32.7 Å². The molecule has 7 heteroatoms. The number of nitrogens with one attached hydrogen (secondary N) is 1. The van der Waals surface area contributed by atoms with Gasteiger partial charge in [0.15, 0.2) is 17.3 Å². The maximum atomic E-state index is 12.2. The summed E-state index contributed by atoms with van der Waals surface area (Å²) in [6.45, 7) is 1.60. The number of Topliss-reactive ketones (excluding diaryl/α,β-unsaturated/α-hetero) is 1. The van der Waals surface area contributed by atoms with Crippen LogP contribution in [0.25, 0.3) is 10.9 Å². The molecule has 122 valence electrons. The molecule has 1 aromatic carbocycles. The summed E-state index contributed by atoms with van der Waals surface area (Å²) in [5.41, 5.74) is 1.17. The molecule has 1 aromatic heterocycles. The van der Waals surface area contributed by atoms with Crippen molar-refractivity contribution in [1.29, 1.82) is 0 Å². The number of carbonyl (C=O) groups is 2. The fourth-order valence-corrected chi connectivity index (χ4v) is 2.44. The van der Waals surface area contributed by atoms with Gasteiger partial charge in [-0.05, 0) is 19.1 Å². The molecule has 0 atom stereocenters. The standard InChI is InChI=1S/C17H15N3O4/c1-9-4-10(21)5-13(16(9)22)20-17-11-6-14(23-2)15(24-3)7-12(11)18-8-19-17/h4-8H,1-3H3,(H,18,19,20). The summed E-state index contributed by atoms with van der Waals surface area (Å²) in [4.78, 5) is 32.2. The fraction of sp³-hybridized carbons (Fsp3) is 0.176. The van der Waals surface area contributed by atoms with Crippen molar-refractivity contribution in [1.82, 2.24) is 9.97 Å². The van der Waals surface area contributed by atoms with Crippen molar-refractivity contribution in [3.8, 4) is 11.5 Å². The van der Waals surface area contributed by atoms with Gasteiger partial charge in [0.1, 0.15) is 12.1 Å². The van der Waals surface area contributed by atoms with Crippen LogP contribution in [0.2, 0.25) is 0 Å². The van der Waals surface area contributed by atoms with Crippen LogP contribution < -0.4 is 14.8 Å². The Morgan fingerprint density at radius 1 is 1.00 bits per heavy atom. The zero-order chi connectivity index (χ0) is 17.3. The second kappa shape index (κ2) is 6.11. The van der Waals surface area contributed by atoms with Crippen molar-refractivity contribution in [2.75, 3.05) is 19.5 Å². The Bertz CT molecular complexity index is 915. The summed E-state index contributed by atoms with van der Waals surface area (Å²) in [6.07, 6.45) is 3.93. The van der Waals surface area contributed by atoms with E-state index in [9.17, 15) is 9.59 Å². The molecule has 0 aliphatic heterocycles. The van der Waals surface area contributed by atoms with Crippen LogP contribution in [0.15, 0.2) is 41.9 Å². The third kappa shape index (κ3) is 2.71. The molecule has 0 bridgehead atoms. The van der Waals surface area contributed by atoms with Crippen molar-refractivity contribution in [3.05, 3.63) is 41.9 Å². The Hall–Kier alpha value is -3.22. The van der Waals surface area contributed by atoms with Gasteiger partial charge in [-0.1, -0.05) is 0 Å². The summed E-state index contributed by atoms with van der Waals surface area (Å²) >= 11 is 0. The Morgan fingerprint density at radius 2 is 1.71 bits per heavy atom. The highest BCUT2D eigenvalue weighted by atomic mass is 16.5. The molecule has 0 spiro atoms. The zero-order valence-electron chi connectivity index (χ0n) is 13.4. The van der Waals surface area contributed by atoms with Crippen LogP contribution >= 0.6 is 0 Å². The normalized spacial score (nSPS) is 14.3. The molecule has 0 radical (unpaired) electrons. The van der Waals surface area contributed by atoms with Crippen LogP contribution in [0.5, 0.6) is 11.5 Å². The van der Waals surface area contributed by atoms with Gasteiger partial charge in [0.25, 0.3) is 0 Å². The van der Waals surface area contributed by atoms with Gasteiger partial charge in [0, 0.05) is 23.1 Å². The molecule has 0 saturated carbocycles. The van der Waals surface area contributed by atoms with E-state index in [1.807, 2.05) is 0 Å². The molecule has 1 aliphatic carbocycles. The van der Waals surface area contributed by atoms with Crippen molar-refractivity contribution in [2.45, 2.75) is 6.92 Å². The Kier molecular flexibility index (Phi) is 3.99. The quantitative estimate of drug-likeness (QED) is 0.860. The Morgan fingerprint density at radius 3 is 2.42 bits per heavy atom. The molecule has 0 saturated heterocycles. The average Bonchev–Trinajstić information content (AvgIpc) is 2.58. The van der Waals surface area contributed by atoms with Crippen LogP contribution in [0.3, 0.4) is 0 Å². The number of methoxy groups -OCH3 is 2. The zero-order valence-corrected chi connectivity index (χ0v) is 13.4. The van der Waals surface area contributed by atoms with Crippen molar-refractivity contribution < 1.29 is 19.1 Å². The van der Waals surface area contributed by atoms with E-state index in [0.717, 1.165) is 0 Å². The molecule has 24 heavy (non-hydrogen) atoms. The predicted octanol–water partition coefficient (Wildman–Crippen LogP) is 2.04. The molecule has 0 fully saturated rings. The molecular weight excluding hydrogens is 310 g/mol. The van der Waals surface area contributed by atoms with Gasteiger partial charge in [-0.2, -0.15) is 0 Å². The maximum absolute atomic E-state index is 12.2. The highest BCUT2D eigenvalue weighted by Crippen LogP contribution is 2.34. The molecular formula is C17H15N3O4. The van der Waals surface area contributed by atoms with Crippen LogP contribution in [0.4, 0.5) is 5.82 Å². The smallest absolute Gasteiger partial charge is 0.205 e. The number of benzene rings is 1. The number of rotatable bonds is 4. The first-order valence-corrected chi connectivity index (χ1v) is 7.16. The van der Waals surface area contributed by atoms with Crippen molar-refractivity contribution in [3.63, 3.8) is 0 Å². The first-order chi connectivity index (χ1) is 11.5. The largest absolute Gasteiger partial charge is 0.493 e. The number of ketones is 2. The van der Waals surface area contributed by atoms with Gasteiger partial charge in [0.2, 0.25) is 5.78 Å². The lowest BCUT2D eigenvalue weighted by atomic mass is 10.0. The van der Waals surface area contributed by atoms with Crippen LogP contribution in [-0.2, 0) is 9.59 Å². The summed E-state index contributed by atoms with van der Waals surface area (Å²) in [5, 5.41) is 3.57. The lowest BCUT2D eigenvalue weighted by Gasteiger charge is -2.15. The molecule has 0 unspecified atom stereocenters. The van der Waals surface area contributed by atoms with E-state index in [1.54, 1.807) is 19.1 Å². The minimum absolute atomic E-state index is 0.176. The molecule has 1 heterocycles. The minimum atomic E-state index is -0.248. The lowest BCUT2D eigenvalue weighted by molar-refractivity contribution is -0.115. The molecule has 1 aliphatic rings. The number of anilines is 1. The highest BCUT2D eigenvalue weighted by molar-refractivity contribution is 6.21. The first-order valence-electron chi connectivity index (χ1n) is 7.16. The highest BCUT2D eigenvalue weighted by Gasteiger charge is 2.20. The fourth-order valence-electron chi connectivity index (χ4n) is 2.44. The van der Waals surface area contributed by atoms with E-state index >= 15 is 0 Å². The van der Waals surface area contributed by atoms with E-state index in [4.69, 9.17) is 9.47 Å². The third-order valence-corrected chi connectivity index (χ3v) is 3.64. The van der Waals surface area contributed by atoms with Gasteiger partial charge in [0.05, 0.1) is 25.4 Å². The monoisotopic (exact) mass is 325 g/mol. The second-order valence-electron chi connectivity index (χ2n) is 5.19. The Labute approximate surface area is 138 Å².